The van der Waals surface area contributed by atoms with Gasteiger partial charge < -0.3 is 10.6 Å². The normalized spacial score (nSPS) is 10.3. The quantitative estimate of drug-likeness (QED) is 0.523. The third kappa shape index (κ3) is 8.16. The molecular weight excluding hydrogens is 264 g/mol. The molecule has 0 amide bonds. The summed E-state index contributed by atoms with van der Waals surface area (Å²) in [6.45, 7) is 6.12. The Bertz CT molecular complexity index is 373. The summed E-state index contributed by atoms with van der Waals surface area (Å²) in [6, 6.07) is 8.53. The minimum Gasteiger partial charge on any atom is -0.363 e. The summed E-state index contributed by atoms with van der Waals surface area (Å²) in [5.74, 6) is 0. The summed E-state index contributed by atoms with van der Waals surface area (Å²) in [5.41, 5.74) is 2.55. The Morgan fingerprint density at radius 2 is 1.60 bits per heavy atom. The summed E-state index contributed by atoms with van der Waals surface area (Å²) >= 11 is 5.28. The molecule has 2 N–H and O–H groups in total. The smallest absolute Gasteiger partial charge is 0.166 e. The van der Waals surface area contributed by atoms with Crippen LogP contribution in [0.2, 0.25) is 0 Å². The lowest BCUT2D eigenvalue weighted by Crippen LogP contribution is -2.35. The number of rotatable bonds is 9. The summed E-state index contributed by atoms with van der Waals surface area (Å²) in [4.78, 5) is 0. The lowest BCUT2D eigenvalue weighted by atomic mass is 10.1. The molecule has 1 rings (SSSR count). The van der Waals surface area contributed by atoms with Crippen LogP contribution in [0, 0.1) is 6.92 Å². The first-order valence-corrected chi connectivity index (χ1v) is 8.20. The number of hydrogen-bond donors (Lipinski definition) is 2. The van der Waals surface area contributed by atoms with Crippen LogP contribution in [0.4, 0.5) is 0 Å². The highest BCUT2D eigenvalue weighted by molar-refractivity contribution is 7.80. The molecule has 0 aliphatic carbocycles. The lowest BCUT2D eigenvalue weighted by Gasteiger charge is -2.10. The molecule has 0 radical (unpaired) electrons. The molecule has 0 atom stereocenters. The average molecular weight is 292 g/mol. The molecule has 3 heteroatoms. The van der Waals surface area contributed by atoms with Gasteiger partial charge in [-0.1, -0.05) is 68.9 Å². The van der Waals surface area contributed by atoms with Crippen LogP contribution in [0.5, 0.6) is 0 Å². The van der Waals surface area contributed by atoms with Crippen LogP contribution >= 0.6 is 12.2 Å². The molecule has 0 bridgehead atoms. The van der Waals surface area contributed by atoms with Crippen LogP contribution in [0.3, 0.4) is 0 Å². The summed E-state index contributed by atoms with van der Waals surface area (Å²) in [5, 5.41) is 7.29. The molecule has 0 saturated heterocycles. The zero-order valence-electron chi connectivity index (χ0n) is 12.9. The maximum atomic E-state index is 5.28. The third-order valence-electron chi connectivity index (χ3n) is 3.39. The van der Waals surface area contributed by atoms with Gasteiger partial charge in [0.15, 0.2) is 5.11 Å². The largest absolute Gasteiger partial charge is 0.363 e. The van der Waals surface area contributed by atoms with Gasteiger partial charge in [-0.2, -0.15) is 0 Å². The lowest BCUT2D eigenvalue weighted by molar-refractivity contribution is 0.601. The number of hydrogen-bond acceptors (Lipinski definition) is 1. The van der Waals surface area contributed by atoms with Crippen LogP contribution in [0.25, 0.3) is 0 Å². The molecule has 0 fully saturated rings. The number of benzene rings is 1. The first-order chi connectivity index (χ1) is 9.72. The van der Waals surface area contributed by atoms with Crippen molar-refractivity contribution in [1.29, 1.82) is 0 Å². The van der Waals surface area contributed by atoms with E-state index < -0.39 is 0 Å². The van der Waals surface area contributed by atoms with Crippen LogP contribution in [0.15, 0.2) is 24.3 Å². The molecule has 0 aliphatic heterocycles. The zero-order valence-corrected chi connectivity index (χ0v) is 13.7. The Hall–Kier alpha value is -1.09. The molecule has 1 aromatic carbocycles. The van der Waals surface area contributed by atoms with E-state index in [0.29, 0.717) is 0 Å². The highest BCUT2D eigenvalue weighted by Gasteiger charge is 1.96. The highest BCUT2D eigenvalue weighted by Crippen LogP contribution is 2.04. The van der Waals surface area contributed by atoms with Crippen molar-refractivity contribution in [3.63, 3.8) is 0 Å². The van der Waals surface area contributed by atoms with Crippen LogP contribution in [0.1, 0.15) is 56.6 Å². The fourth-order valence-electron chi connectivity index (χ4n) is 2.06. The second kappa shape index (κ2) is 10.7. The molecule has 20 heavy (non-hydrogen) atoms. The van der Waals surface area contributed by atoms with Crippen molar-refractivity contribution in [3.8, 4) is 0 Å². The van der Waals surface area contributed by atoms with Gasteiger partial charge in [-0.25, -0.2) is 0 Å². The van der Waals surface area contributed by atoms with Crippen molar-refractivity contribution in [1.82, 2.24) is 10.6 Å². The number of unbranched alkanes of at least 4 members (excludes halogenated alkanes) is 5. The Morgan fingerprint density at radius 1 is 0.950 bits per heavy atom. The predicted octanol–water partition coefficient (Wildman–Crippen LogP) is 4.32. The van der Waals surface area contributed by atoms with E-state index in [1.54, 1.807) is 0 Å². The molecule has 0 aliphatic rings. The van der Waals surface area contributed by atoms with E-state index in [2.05, 4.69) is 48.7 Å². The molecular formula is C17H28N2S. The van der Waals surface area contributed by atoms with Gasteiger partial charge >= 0.3 is 0 Å². The number of thiocarbonyl (C=S) groups is 1. The van der Waals surface area contributed by atoms with Gasteiger partial charge in [0, 0.05) is 13.1 Å². The van der Waals surface area contributed by atoms with Crippen molar-refractivity contribution in [2.45, 2.75) is 58.9 Å². The molecule has 0 heterocycles. The van der Waals surface area contributed by atoms with Crippen molar-refractivity contribution in [2.24, 2.45) is 0 Å². The Morgan fingerprint density at radius 3 is 2.30 bits per heavy atom. The first-order valence-electron chi connectivity index (χ1n) is 7.79. The predicted molar refractivity (Wildman–Crippen MR) is 92.0 cm³/mol. The van der Waals surface area contributed by atoms with Crippen molar-refractivity contribution < 1.29 is 0 Å². The van der Waals surface area contributed by atoms with E-state index in [9.17, 15) is 0 Å². The first kappa shape index (κ1) is 17.0. The van der Waals surface area contributed by atoms with E-state index in [-0.39, 0.29) is 0 Å². The monoisotopic (exact) mass is 292 g/mol. The average Bonchev–Trinajstić information content (AvgIpc) is 2.46. The summed E-state index contributed by atoms with van der Waals surface area (Å²) in [6.07, 6.45) is 7.89. The van der Waals surface area contributed by atoms with Crippen LogP contribution in [-0.4, -0.2) is 11.7 Å². The Labute approximate surface area is 129 Å². The van der Waals surface area contributed by atoms with Gasteiger partial charge in [-0.05, 0) is 31.1 Å². The van der Waals surface area contributed by atoms with E-state index in [1.807, 2.05) is 0 Å². The van der Waals surface area contributed by atoms with Gasteiger partial charge in [0.05, 0.1) is 0 Å². The number of aryl methyl sites for hydroxylation is 1. The molecule has 1 aromatic rings. The van der Waals surface area contributed by atoms with Gasteiger partial charge in [0.1, 0.15) is 0 Å². The summed E-state index contributed by atoms with van der Waals surface area (Å²) < 4.78 is 0. The van der Waals surface area contributed by atoms with E-state index in [0.717, 1.165) is 18.2 Å². The van der Waals surface area contributed by atoms with Crippen LogP contribution in [-0.2, 0) is 6.54 Å². The SMILES string of the molecule is CCCCCCCCNC(=S)NCc1ccc(C)cc1. The maximum absolute atomic E-state index is 5.28. The minimum atomic E-state index is 0.763. The molecule has 0 aromatic heterocycles. The Kier molecular flexibility index (Phi) is 9.05. The topological polar surface area (TPSA) is 24.1 Å². The fourth-order valence-corrected chi connectivity index (χ4v) is 2.23. The van der Waals surface area contributed by atoms with Crippen molar-refractivity contribution in [3.05, 3.63) is 35.4 Å². The van der Waals surface area contributed by atoms with Gasteiger partial charge in [-0.15, -0.1) is 0 Å². The zero-order chi connectivity index (χ0) is 14.6. The van der Waals surface area contributed by atoms with Gasteiger partial charge in [-0.3, -0.25) is 0 Å². The molecule has 0 saturated carbocycles. The van der Waals surface area contributed by atoms with Crippen molar-refractivity contribution in [2.75, 3.05) is 6.54 Å². The van der Waals surface area contributed by atoms with E-state index >= 15 is 0 Å². The Balaban J connectivity index is 2.01. The molecule has 2 nitrogen and oxygen atoms in total. The molecule has 112 valence electrons. The summed E-state index contributed by atoms with van der Waals surface area (Å²) in [7, 11) is 0. The standard InChI is InChI=1S/C17H28N2S/c1-3-4-5-6-7-8-13-18-17(20)19-14-16-11-9-15(2)10-12-16/h9-12H,3-8,13-14H2,1-2H3,(H2,18,19,20). The van der Waals surface area contributed by atoms with Gasteiger partial charge in [0.25, 0.3) is 0 Å². The van der Waals surface area contributed by atoms with E-state index in [1.165, 1.54) is 49.7 Å². The third-order valence-corrected chi connectivity index (χ3v) is 3.68. The second-order valence-electron chi connectivity index (χ2n) is 5.36. The molecule has 0 unspecified atom stereocenters. The van der Waals surface area contributed by atoms with Gasteiger partial charge in [0.2, 0.25) is 0 Å². The minimum absolute atomic E-state index is 0.763. The fraction of sp³-hybridized carbons (Fsp3) is 0.588. The van der Waals surface area contributed by atoms with E-state index in [4.69, 9.17) is 12.2 Å². The number of nitrogens with one attached hydrogen (secondary N) is 2. The second-order valence-corrected chi connectivity index (χ2v) is 5.77. The highest BCUT2D eigenvalue weighted by atomic mass is 32.1. The molecule has 0 spiro atoms. The van der Waals surface area contributed by atoms with Crippen molar-refractivity contribution >= 4 is 17.3 Å². The maximum Gasteiger partial charge on any atom is 0.166 e. The van der Waals surface area contributed by atoms with Crippen LogP contribution < -0.4 is 10.6 Å².